The number of benzene rings is 1. The molecule has 4 nitrogen and oxygen atoms in total. The van der Waals surface area contributed by atoms with Gasteiger partial charge in [0, 0.05) is 24.9 Å². The molecule has 1 unspecified atom stereocenters. The van der Waals surface area contributed by atoms with Crippen molar-refractivity contribution in [1.29, 1.82) is 0 Å². The number of nitrogens with one attached hydrogen (secondary N) is 1. The smallest absolute Gasteiger partial charge is 0.227 e. The van der Waals surface area contributed by atoms with E-state index in [2.05, 4.69) is 12.2 Å². The van der Waals surface area contributed by atoms with Crippen molar-refractivity contribution in [2.45, 2.75) is 45.4 Å². The third-order valence-electron chi connectivity index (χ3n) is 5.63. The lowest BCUT2D eigenvalue weighted by Crippen LogP contribution is -2.43. The lowest BCUT2D eigenvalue weighted by Gasteiger charge is -2.35. The summed E-state index contributed by atoms with van der Waals surface area (Å²) in [5.74, 6) is 0.839. The fraction of sp³-hybridized carbons (Fsp3) is 0.600. The maximum Gasteiger partial charge on any atom is 0.227 e. The van der Waals surface area contributed by atoms with Gasteiger partial charge in [0.1, 0.15) is 0 Å². The van der Waals surface area contributed by atoms with E-state index in [4.69, 9.17) is 23.2 Å². The van der Waals surface area contributed by atoms with E-state index in [0.717, 1.165) is 45.2 Å². The van der Waals surface area contributed by atoms with Crippen molar-refractivity contribution in [3.05, 3.63) is 28.2 Å². The van der Waals surface area contributed by atoms with Crippen LogP contribution in [0.1, 0.15) is 45.4 Å². The Kier molecular flexibility index (Phi) is 6.46. The van der Waals surface area contributed by atoms with Crippen LogP contribution in [0.15, 0.2) is 18.2 Å². The second kappa shape index (κ2) is 8.62. The van der Waals surface area contributed by atoms with E-state index in [9.17, 15) is 9.59 Å². The van der Waals surface area contributed by atoms with E-state index < -0.39 is 0 Å². The zero-order chi connectivity index (χ0) is 18.7. The van der Waals surface area contributed by atoms with Crippen LogP contribution in [0, 0.1) is 17.8 Å². The van der Waals surface area contributed by atoms with Crippen LogP contribution in [-0.4, -0.2) is 29.8 Å². The van der Waals surface area contributed by atoms with Gasteiger partial charge < -0.3 is 10.2 Å². The van der Waals surface area contributed by atoms with Gasteiger partial charge in [-0.05, 0) is 56.6 Å². The standard InChI is InChI=1S/C20H26Cl2N2O2/c1-13-4-3-11-24(12-13)20(26)15-9-7-14(8-10-15)19(25)23-17-6-2-5-16(21)18(17)22/h2,5-6,13-15H,3-4,7-12H2,1H3,(H,23,25). The summed E-state index contributed by atoms with van der Waals surface area (Å²) >= 11 is 12.1. The molecular weight excluding hydrogens is 371 g/mol. The van der Waals surface area contributed by atoms with Gasteiger partial charge in [0.15, 0.2) is 0 Å². The van der Waals surface area contributed by atoms with E-state index in [1.807, 2.05) is 4.90 Å². The molecule has 1 saturated carbocycles. The van der Waals surface area contributed by atoms with Gasteiger partial charge in [-0.15, -0.1) is 0 Å². The van der Waals surface area contributed by atoms with Crippen molar-refractivity contribution >= 4 is 40.7 Å². The SMILES string of the molecule is CC1CCCN(C(=O)C2CCC(C(=O)Nc3cccc(Cl)c3Cl)CC2)C1. The van der Waals surface area contributed by atoms with Crippen LogP contribution < -0.4 is 5.32 Å². The monoisotopic (exact) mass is 396 g/mol. The molecule has 1 aromatic carbocycles. The van der Waals surface area contributed by atoms with Gasteiger partial charge in [-0.3, -0.25) is 9.59 Å². The predicted octanol–water partition coefficient (Wildman–Crippen LogP) is 5.00. The summed E-state index contributed by atoms with van der Waals surface area (Å²) in [6, 6.07) is 5.20. The second-order valence-corrected chi connectivity index (χ2v) is 8.46. The Balaban J connectivity index is 1.52. The average Bonchev–Trinajstić information content (AvgIpc) is 2.65. The maximum atomic E-state index is 12.7. The Bertz CT molecular complexity index is 672. The fourth-order valence-electron chi connectivity index (χ4n) is 4.09. The summed E-state index contributed by atoms with van der Waals surface area (Å²) in [5.41, 5.74) is 0.546. The molecule has 1 saturated heterocycles. The van der Waals surface area contributed by atoms with Gasteiger partial charge in [0.25, 0.3) is 0 Å². The van der Waals surface area contributed by atoms with Crippen LogP contribution in [-0.2, 0) is 9.59 Å². The summed E-state index contributed by atoms with van der Waals surface area (Å²) < 4.78 is 0. The van der Waals surface area contributed by atoms with Crippen molar-refractivity contribution in [3.8, 4) is 0 Å². The lowest BCUT2D eigenvalue weighted by molar-refractivity contribution is -0.139. The fourth-order valence-corrected chi connectivity index (χ4v) is 4.43. The largest absolute Gasteiger partial charge is 0.342 e. The number of hydrogen-bond donors (Lipinski definition) is 1. The Morgan fingerprint density at radius 3 is 2.46 bits per heavy atom. The van der Waals surface area contributed by atoms with Crippen LogP contribution >= 0.6 is 23.2 Å². The number of halogens is 2. The first kappa shape index (κ1) is 19.5. The van der Waals surface area contributed by atoms with Gasteiger partial charge in [0.05, 0.1) is 15.7 Å². The van der Waals surface area contributed by atoms with Gasteiger partial charge >= 0.3 is 0 Å². The number of rotatable bonds is 3. The topological polar surface area (TPSA) is 49.4 Å². The van der Waals surface area contributed by atoms with E-state index in [0.29, 0.717) is 21.7 Å². The Morgan fingerprint density at radius 1 is 1.08 bits per heavy atom. The normalized spacial score (nSPS) is 26.4. The highest BCUT2D eigenvalue weighted by Gasteiger charge is 2.33. The summed E-state index contributed by atoms with van der Waals surface area (Å²) in [6.45, 7) is 3.98. The molecule has 1 aromatic rings. The molecule has 1 N–H and O–H groups in total. The van der Waals surface area contributed by atoms with Crippen LogP contribution in [0.25, 0.3) is 0 Å². The van der Waals surface area contributed by atoms with Crippen LogP contribution in [0.3, 0.4) is 0 Å². The Morgan fingerprint density at radius 2 is 1.77 bits per heavy atom. The minimum atomic E-state index is -0.0747. The first-order valence-electron chi connectivity index (χ1n) is 9.49. The molecule has 1 aliphatic carbocycles. The molecule has 26 heavy (non-hydrogen) atoms. The maximum absolute atomic E-state index is 12.7. The van der Waals surface area contributed by atoms with E-state index in [1.165, 1.54) is 6.42 Å². The van der Waals surface area contributed by atoms with Crippen molar-refractivity contribution in [1.82, 2.24) is 4.90 Å². The van der Waals surface area contributed by atoms with Crippen LogP contribution in [0.5, 0.6) is 0 Å². The summed E-state index contributed by atoms with van der Waals surface area (Å²) in [7, 11) is 0. The van der Waals surface area contributed by atoms with Crippen LogP contribution in [0.2, 0.25) is 10.0 Å². The number of hydrogen-bond acceptors (Lipinski definition) is 2. The van der Waals surface area contributed by atoms with E-state index in [1.54, 1.807) is 18.2 Å². The molecule has 6 heteroatoms. The van der Waals surface area contributed by atoms with Crippen molar-refractivity contribution in [2.24, 2.45) is 17.8 Å². The Hall–Kier alpha value is -1.26. The Labute approximate surface area is 165 Å². The number of amides is 2. The number of carbonyl (C=O) groups excluding carboxylic acids is 2. The molecular formula is C20H26Cl2N2O2. The number of nitrogens with zero attached hydrogens (tertiary/aromatic N) is 1. The number of likely N-dealkylation sites (tertiary alicyclic amines) is 1. The summed E-state index contributed by atoms with van der Waals surface area (Å²) in [5, 5.41) is 3.68. The van der Waals surface area contributed by atoms with Crippen LogP contribution in [0.4, 0.5) is 5.69 Å². The number of piperidine rings is 1. The zero-order valence-corrected chi connectivity index (χ0v) is 16.7. The van der Waals surface area contributed by atoms with Gasteiger partial charge in [-0.25, -0.2) is 0 Å². The quantitative estimate of drug-likeness (QED) is 0.781. The molecule has 0 bridgehead atoms. The molecule has 0 aromatic heterocycles. The third-order valence-corrected chi connectivity index (χ3v) is 6.44. The molecule has 0 radical (unpaired) electrons. The van der Waals surface area contributed by atoms with Crippen molar-refractivity contribution in [3.63, 3.8) is 0 Å². The molecule has 142 valence electrons. The molecule has 1 atom stereocenters. The zero-order valence-electron chi connectivity index (χ0n) is 15.1. The first-order valence-corrected chi connectivity index (χ1v) is 10.2. The van der Waals surface area contributed by atoms with Crippen molar-refractivity contribution in [2.75, 3.05) is 18.4 Å². The first-order chi connectivity index (χ1) is 12.5. The molecule has 1 heterocycles. The summed E-state index contributed by atoms with van der Waals surface area (Å²) in [4.78, 5) is 27.3. The second-order valence-electron chi connectivity index (χ2n) is 7.67. The van der Waals surface area contributed by atoms with E-state index in [-0.39, 0.29) is 23.7 Å². The molecule has 3 rings (SSSR count). The molecule has 2 amide bonds. The molecule has 2 fully saturated rings. The van der Waals surface area contributed by atoms with E-state index >= 15 is 0 Å². The lowest BCUT2D eigenvalue weighted by atomic mass is 9.80. The van der Waals surface area contributed by atoms with Gasteiger partial charge in [-0.2, -0.15) is 0 Å². The highest BCUT2D eigenvalue weighted by molar-refractivity contribution is 6.44. The minimum Gasteiger partial charge on any atom is -0.342 e. The molecule has 2 aliphatic rings. The number of carbonyl (C=O) groups is 2. The number of anilines is 1. The average molecular weight is 397 g/mol. The highest BCUT2D eigenvalue weighted by atomic mass is 35.5. The minimum absolute atomic E-state index is 0.0355. The van der Waals surface area contributed by atoms with Gasteiger partial charge in [0.2, 0.25) is 11.8 Å². The molecule has 0 spiro atoms. The summed E-state index contributed by atoms with van der Waals surface area (Å²) in [6.07, 6.45) is 5.36. The predicted molar refractivity (Wildman–Crippen MR) is 106 cm³/mol. The highest BCUT2D eigenvalue weighted by Crippen LogP contribution is 2.34. The van der Waals surface area contributed by atoms with Gasteiger partial charge in [-0.1, -0.05) is 36.2 Å². The van der Waals surface area contributed by atoms with Crippen molar-refractivity contribution < 1.29 is 9.59 Å². The molecule has 1 aliphatic heterocycles. The third kappa shape index (κ3) is 4.52.